The van der Waals surface area contributed by atoms with E-state index in [9.17, 15) is 18.0 Å². The normalized spacial score (nSPS) is 13.8. The molecule has 0 aliphatic carbocycles. The molecule has 1 fully saturated rings. The second kappa shape index (κ2) is 10.4. The van der Waals surface area contributed by atoms with Gasteiger partial charge in [0.2, 0.25) is 0 Å². The Hall–Kier alpha value is -3.45. The molecule has 13 heteroatoms. The maximum Gasteiger partial charge on any atom is 0.490 e. The smallest absolute Gasteiger partial charge is 0.475 e. The van der Waals surface area contributed by atoms with Crippen molar-refractivity contribution in [3.05, 3.63) is 46.7 Å². The van der Waals surface area contributed by atoms with E-state index in [1.165, 1.54) is 0 Å². The Balaban J connectivity index is 0.000000383. The number of hydrogen-bond donors (Lipinski definition) is 4. The van der Waals surface area contributed by atoms with E-state index < -0.39 is 12.1 Å². The van der Waals surface area contributed by atoms with Gasteiger partial charge in [0.1, 0.15) is 11.5 Å². The first-order chi connectivity index (χ1) is 15.6. The van der Waals surface area contributed by atoms with Crippen LogP contribution >= 0.6 is 11.3 Å². The molecular weight excluding hydrogens is 461 g/mol. The van der Waals surface area contributed by atoms with Gasteiger partial charge < -0.3 is 25.6 Å². The molecule has 3 aromatic rings. The van der Waals surface area contributed by atoms with Crippen LogP contribution in [0.1, 0.15) is 15.5 Å². The SMILES string of the molecule is Cc1nc(-c2c[nH]c(C(=O)Nc3ccc(N4CCNCC4)cn3)c2)cs1.O=C(O)C(F)(F)F. The van der Waals surface area contributed by atoms with E-state index in [0.717, 1.165) is 48.1 Å². The summed E-state index contributed by atoms with van der Waals surface area (Å²) in [6.07, 6.45) is -1.48. The number of carbonyl (C=O) groups excluding carboxylic acids is 1. The Morgan fingerprint density at radius 1 is 1.24 bits per heavy atom. The summed E-state index contributed by atoms with van der Waals surface area (Å²) in [6, 6.07) is 5.63. The molecule has 33 heavy (non-hydrogen) atoms. The van der Waals surface area contributed by atoms with E-state index in [-0.39, 0.29) is 5.91 Å². The Morgan fingerprint density at radius 3 is 2.48 bits per heavy atom. The minimum absolute atomic E-state index is 0.217. The van der Waals surface area contributed by atoms with Crippen LogP contribution in [0.3, 0.4) is 0 Å². The number of aliphatic carboxylic acids is 1. The van der Waals surface area contributed by atoms with Gasteiger partial charge in [-0.1, -0.05) is 0 Å². The van der Waals surface area contributed by atoms with Crippen LogP contribution < -0.4 is 15.5 Å². The molecule has 0 saturated carbocycles. The van der Waals surface area contributed by atoms with Gasteiger partial charge in [-0.2, -0.15) is 13.2 Å². The summed E-state index contributed by atoms with van der Waals surface area (Å²) in [5.74, 6) is -2.44. The lowest BCUT2D eigenvalue weighted by molar-refractivity contribution is -0.192. The highest BCUT2D eigenvalue weighted by molar-refractivity contribution is 7.09. The van der Waals surface area contributed by atoms with Gasteiger partial charge in [0.05, 0.1) is 22.6 Å². The maximum atomic E-state index is 12.4. The number of thiazole rings is 1. The molecule has 0 aromatic carbocycles. The first-order valence-corrected chi connectivity index (χ1v) is 10.7. The topological polar surface area (TPSA) is 123 Å². The van der Waals surface area contributed by atoms with Gasteiger partial charge in [-0.25, -0.2) is 14.8 Å². The van der Waals surface area contributed by atoms with Crippen molar-refractivity contribution in [3.63, 3.8) is 0 Å². The van der Waals surface area contributed by atoms with Gasteiger partial charge >= 0.3 is 12.1 Å². The third-order valence-electron chi connectivity index (χ3n) is 4.56. The highest BCUT2D eigenvalue weighted by Crippen LogP contribution is 2.23. The van der Waals surface area contributed by atoms with Crippen LogP contribution in [0.5, 0.6) is 0 Å². The van der Waals surface area contributed by atoms with Crippen LogP contribution in [-0.2, 0) is 4.79 Å². The Morgan fingerprint density at radius 2 is 1.94 bits per heavy atom. The van der Waals surface area contributed by atoms with Crippen molar-refractivity contribution >= 4 is 34.7 Å². The van der Waals surface area contributed by atoms with Crippen molar-refractivity contribution in [3.8, 4) is 11.3 Å². The molecular formula is C20H21F3N6O3S. The van der Waals surface area contributed by atoms with Gasteiger partial charge in [0.15, 0.2) is 0 Å². The number of nitrogens with one attached hydrogen (secondary N) is 3. The fraction of sp³-hybridized carbons (Fsp3) is 0.300. The van der Waals surface area contributed by atoms with Gasteiger partial charge in [0.25, 0.3) is 5.91 Å². The summed E-state index contributed by atoms with van der Waals surface area (Å²) >= 11 is 1.59. The number of alkyl halides is 3. The summed E-state index contributed by atoms with van der Waals surface area (Å²) in [4.78, 5) is 35.4. The Kier molecular flexibility index (Phi) is 7.66. The van der Waals surface area contributed by atoms with E-state index in [4.69, 9.17) is 9.90 Å². The van der Waals surface area contributed by atoms with Crippen molar-refractivity contribution in [1.82, 2.24) is 20.3 Å². The number of nitrogens with zero attached hydrogens (tertiary/aromatic N) is 3. The summed E-state index contributed by atoms with van der Waals surface area (Å²) in [6.45, 7) is 5.85. The molecule has 0 radical (unpaired) electrons. The number of amides is 1. The van der Waals surface area contributed by atoms with Crippen LogP contribution in [0.2, 0.25) is 0 Å². The predicted octanol–water partition coefficient (Wildman–Crippen LogP) is 3.14. The number of aryl methyl sites for hydroxylation is 1. The number of carboxylic acids is 1. The summed E-state index contributed by atoms with van der Waals surface area (Å²) in [5, 5.41) is 16.3. The second-order valence-electron chi connectivity index (χ2n) is 6.95. The zero-order valence-corrected chi connectivity index (χ0v) is 18.3. The van der Waals surface area contributed by atoms with E-state index in [1.807, 2.05) is 24.4 Å². The first kappa shape index (κ1) is 24.2. The number of carboxylic acid groups (broad SMARTS) is 1. The average Bonchev–Trinajstić information content (AvgIpc) is 3.44. The standard InChI is InChI=1S/C18H20N6OS.C2HF3O2/c1-12-22-16(11-26-12)13-8-15(20-9-13)18(25)23-17-3-2-14(10-21-17)24-6-4-19-5-7-24;3-2(4,5)1(6)7/h2-3,8-11,19-20H,4-7H2,1H3,(H,21,23,25);(H,6,7). The molecule has 9 nitrogen and oxygen atoms in total. The first-order valence-electron chi connectivity index (χ1n) is 9.77. The van der Waals surface area contributed by atoms with E-state index in [0.29, 0.717) is 11.5 Å². The lowest BCUT2D eigenvalue weighted by Gasteiger charge is -2.29. The largest absolute Gasteiger partial charge is 0.490 e. The van der Waals surface area contributed by atoms with Crippen molar-refractivity contribution in [1.29, 1.82) is 0 Å². The highest BCUT2D eigenvalue weighted by Gasteiger charge is 2.38. The molecule has 4 rings (SSSR count). The zero-order valence-electron chi connectivity index (χ0n) is 17.4. The van der Waals surface area contributed by atoms with E-state index >= 15 is 0 Å². The minimum Gasteiger partial charge on any atom is -0.475 e. The van der Waals surface area contributed by atoms with Gasteiger partial charge in [-0.05, 0) is 25.1 Å². The van der Waals surface area contributed by atoms with Gasteiger partial charge in [-0.3, -0.25) is 4.79 Å². The Bertz CT molecular complexity index is 1090. The number of piperazine rings is 1. The number of rotatable bonds is 4. The lowest BCUT2D eigenvalue weighted by atomic mass is 10.2. The van der Waals surface area contributed by atoms with E-state index in [1.54, 1.807) is 29.8 Å². The summed E-state index contributed by atoms with van der Waals surface area (Å²) in [7, 11) is 0. The molecule has 0 bridgehead atoms. The fourth-order valence-corrected chi connectivity index (χ4v) is 3.55. The number of carbonyl (C=O) groups is 2. The molecule has 1 aliphatic rings. The molecule has 1 aliphatic heterocycles. The zero-order chi connectivity index (χ0) is 24.0. The molecule has 0 spiro atoms. The van der Waals surface area contributed by atoms with Crippen LogP contribution in [0.15, 0.2) is 36.0 Å². The monoisotopic (exact) mass is 482 g/mol. The molecule has 176 valence electrons. The number of aromatic nitrogens is 3. The lowest BCUT2D eigenvalue weighted by Crippen LogP contribution is -2.43. The summed E-state index contributed by atoms with van der Waals surface area (Å²) < 4.78 is 31.7. The maximum absolute atomic E-state index is 12.4. The quantitative estimate of drug-likeness (QED) is 0.451. The van der Waals surface area contributed by atoms with E-state index in [2.05, 4.69) is 30.5 Å². The second-order valence-corrected chi connectivity index (χ2v) is 8.01. The third kappa shape index (κ3) is 6.76. The number of aromatic amines is 1. The van der Waals surface area contributed by atoms with Crippen molar-refractivity contribution < 1.29 is 27.9 Å². The molecule has 0 unspecified atom stereocenters. The molecule has 4 N–H and O–H groups in total. The number of anilines is 2. The molecule has 1 saturated heterocycles. The molecule has 0 atom stereocenters. The van der Waals surface area contributed by atoms with Crippen LogP contribution in [0, 0.1) is 6.92 Å². The van der Waals surface area contributed by atoms with Crippen LogP contribution in [-0.4, -0.2) is 64.3 Å². The molecule has 4 heterocycles. The minimum atomic E-state index is -5.08. The van der Waals surface area contributed by atoms with Gasteiger partial charge in [-0.15, -0.1) is 11.3 Å². The predicted molar refractivity (Wildman–Crippen MR) is 118 cm³/mol. The van der Waals surface area contributed by atoms with Crippen LogP contribution in [0.4, 0.5) is 24.7 Å². The summed E-state index contributed by atoms with van der Waals surface area (Å²) in [5.41, 5.74) is 3.34. The van der Waals surface area contributed by atoms with Gasteiger partial charge in [0, 0.05) is 43.3 Å². The molecule has 3 aromatic heterocycles. The average molecular weight is 482 g/mol. The third-order valence-corrected chi connectivity index (χ3v) is 5.33. The Labute approximate surface area is 190 Å². The number of pyridine rings is 1. The number of halogens is 3. The number of hydrogen-bond acceptors (Lipinski definition) is 7. The van der Waals surface area contributed by atoms with Crippen molar-refractivity contribution in [2.75, 3.05) is 36.4 Å². The molecule has 1 amide bonds. The highest BCUT2D eigenvalue weighted by atomic mass is 32.1. The van der Waals surface area contributed by atoms with Crippen LogP contribution in [0.25, 0.3) is 11.3 Å². The fourth-order valence-electron chi connectivity index (χ4n) is 2.92. The van der Waals surface area contributed by atoms with Crippen molar-refractivity contribution in [2.24, 2.45) is 0 Å². The van der Waals surface area contributed by atoms with Crippen molar-refractivity contribution in [2.45, 2.75) is 13.1 Å². The number of H-pyrrole nitrogens is 1.